The minimum atomic E-state index is 0.353. The first-order valence-electron chi connectivity index (χ1n) is 6.73. The first kappa shape index (κ1) is 12.9. The lowest BCUT2D eigenvalue weighted by Gasteiger charge is -2.23. The Bertz CT molecular complexity index is 575. The number of aryl methyl sites for hydroxylation is 1. The van der Waals surface area contributed by atoms with Gasteiger partial charge in [0.2, 0.25) is 0 Å². The summed E-state index contributed by atoms with van der Waals surface area (Å²) in [6, 6.07) is 6.22. The number of benzene rings is 1. The van der Waals surface area contributed by atoms with Crippen LogP contribution in [0.2, 0.25) is 5.02 Å². The molecule has 1 unspecified atom stereocenters. The first-order valence-corrected chi connectivity index (χ1v) is 7.11. The van der Waals surface area contributed by atoms with E-state index in [0.717, 1.165) is 54.6 Å². The Labute approximate surface area is 117 Å². The third kappa shape index (κ3) is 2.61. The van der Waals surface area contributed by atoms with Gasteiger partial charge in [-0.2, -0.15) is 0 Å². The van der Waals surface area contributed by atoms with Crippen LogP contribution in [0.3, 0.4) is 0 Å². The smallest absolute Gasteiger partial charge is 0.111 e. The topological polar surface area (TPSA) is 39.1 Å². The highest BCUT2D eigenvalue weighted by molar-refractivity contribution is 6.31. The number of rotatable bonds is 3. The molecule has 102 valence electrons. The van der Waals surface area contributed by atoms with Gasteiger partial charge in [0.15, 0.2) is 0 Å². The van der Waals surface area contributed by atoms with Crippen LogP contribution in [0.4, 0.5) is 0 Å². The van der Waals surface area contributed by atoms with Crippen LogP contribution in [-0.4, -0.2) is 35.4 Å². The predicted molar refractivity (Wildman–Crippen MR) is 76.7 cm³/mol. The van der Waals surface area contributed by atoms with Gasteiger partial charge >= 0.3 is 0 Å². The van der Waals surface area contributed by atoms with Crippen molar-refractivity contribution in [3.8, 4) is 0 Å². The molecular weight excluding hydrogens is 262 g/mol. The standard InChI is InChI=1S/C14H18ClN3O/c1-2-18-13-7-10(15)3-4-12(13)17-14(18)8-11-9-19-6-5-16-11/h3-4,7,11,16H,2,5-6,8-9H2,1H3. The summed E-state index contributed by atoms with van der Waals surface area (Å²) in [5.74, 6) is 1.10. The molecule has 0 saturated carbocycles. The third-order valence-electron chi connectivity index (χ3n) is 3.53. The quantitative estimate of drug-likeness (QED) is 0.937. The van der Waals surface area contributed by atoms with E-state index in [0.29, 0.717) is 6.04 Å². The van der Waals surface area contributed by atoms with Crippen molar-refractivity contribution in [2.75, 3.05) is 19.8 Å². The molecule has 19 heavy (non-hydrogen) atoms. The van der Waals surface area contributed by atoms with Crippen molar-refractivity contribution in [3.63, 3.8) is 0 Å². The number of hydrogen-bond acceptors (Lipinski definition) is 3. The molecule has 1 N–H and O–H groups in total. The van der Waals surface area contributed by atoms with Gasteiger partial charge < -0.3 is 14.6 Å². The highest BCUT2D eigenvalue weighted by Crippen LogP contribution is 2.21. The molecule has 0 radical (unpaired) electrons. The molecule has 1 aliphatic rings. The molecule has 0 aliphatic carbocycles. The number of fused-ring (bicyclic) bond motifs is 1. The second kappa shape index (κ2) is 5.49. The van der Waals surface area contributed by atoms with Crippen molar-refractivity contribution in [1.29, 1.82) is 0 Å². The van der Waals surface area contributed by atoms with Crippen LogP contribution in [-0.2, 0) is 17.7 Å². The van der Waals surface area contributed by atoms with E-state index in [-0.39, 0.29) is 0 Å². The van der Waals surface area contributed by atoms with Crippen molar-refractivity contribution < 1.29 is 4.74 Å². The van der Waals surface area contributed by atoms with E-state index in [4.69, 9.17) is 21.3 Å². The monoisotopic (exact) mass is 279 g/mol. The lowest BCUT2D eigenvalue weighted by Crippen LogP contribution is -2.43. The van der Waals surface area contributed by atoms with Crippen LogP contribution in [0.15, 0.2) is 18.2 Å². The van der Waals surface area contributed by atoms with Crippen LogP contribution in [0.5, 0.6) is 0 Å². The molecule has 4 nitrogen and oxygen atoms in total. The van der Waals surface area contributed by atoms with Crippen molar-refractivity contribution in [2.24, 2.45) is 0 Å². The average molecular weight is 280 g/mol. The minimum Gasteiger partial charge on any atom is -0.379 e. The Morgan fingerprint density at radius 1 is 1.53 bits per heavy atom. The highest BCUT2D eigenvalue weighted by Gasteiger charge is 2.18. The van der Waals surface area contributed by atoms with E-state index < -0.39 is 0 Å². The maximum atomic E-state index is 6.08. The summed E-state index contributed by atoms with van der Waals surface area (Å²) in [5.41, 5.74) is 2.12. The van der Waals surface area contributed by atoms with E-state index in [1.165, 1.54) is 0 Å². The van der Waals surface area contributed by atoms with Gasteiger partial charge in [-0.25, -0.2) is 4.98 Å². The second-order valence-corrected chi connectivity index (χ2v) is 5.27. The lowest BCUT2D eigenvalue weighted by atomic mass is 10.2. The molecule has 1 aliphatic heterocycles. The zero-order chi connectivity index (χ0) is 13.2. The number of hydrogen-bond donors (Lipinski definition) is 1. The van der Waals surface area contributed by atoms with Crippen molar-refractivity contribution in [3.05, 3.63) is 29.0 Å². The van der Waals surface area contributed by atoms with Crippen molar-refractivity contribution >= 4 is 22.6 Å². The maximum absolute atomic E-state index is 6.08. The largest absolute Gasteiger partial charge is 0.379 e. The highest BCUT2D eigenvalue weighted by atomic mass is 35.5. The Balaban J connectivity index is 1.93. The van der Waals surface area contributed by atoms with E-state index in [1.807, 2.05) is 18.2 Å². The molecule has 2 heterocycles. The summed E-state index contributed by atoms with van der Waals surface area (Å²) in [7, 11) is 0. The molecule has 1 atom stereocenters. The zero-order valence-electron chi connectivity index (χ0n) is 11.0. The molecule has 1 saturated heterocycles. The number of ether oxygens (including phenoxy) is 1. The van der Waals surface area contributed by atoms with E-state index >= 15 is 0 Å². The number of nitrogens with one attached hydrogen (secondary N) is 1. The van der Waals surface area contributed by atoms with E-state index in [1.54, 1.807) is 0 Å². The number of aromatic nitrogens is 2. The molecule has 0 bridgehead atoms. The summed E-state index contributed by atoms with van der Waals surface area (Å²) >= 11 is 6.08. The summed E-state index contributed by atoms with van der Waals surface area (Å²) in [6.45, 7) is 5.52. The Kier molecular flexibility index (Phi) is 3.73. The van der Waals surface area contributed by atoms with Gasteiger partial charge in [0.05, 0.1) is 24.2 Å². The SMILES string of the molecule is CCn1c(CC2COCCN2)nc2ccc(Cl)cc21. The number of imidazole rings is 1. The van der Waals surface area contributed by atoms with Crippen LogP contribution in [0, 0.1) is 0 Å². The summed E-state index contributed by atoms with van der Waals surface area (Å²) in [6.07, 6.45) is 0.889. The molecule has 1 fully saturated rings. The molecule has 0 spiro atoms. The Morgan fingerprint density at radius 2 is 2.42 bits per heavy atom. The molecular formula is C14H18ClN3O. The van der Waals surface area contributed by atoms with Crippen molar-refractivity contribution in [2.45, 2.75) is 25.9 Å². The summed E-state index contributed by atoms with van der Waals surface area (Å²) in [4.78, 5) is 4.73. The van der Waals surface area contributed by atoms with Gasteiger partial charge in [0.25, 0.3) is 0 Å². The zero-order valence-corrected chi connectivity index (χ0v) is 11.8. The first-order chi connectivity index (χ1) is 9.28. The predicted octanol–water partition coefficient (Wildman–Crippen LogP) is 2.24. The van der Waals surface area contributed by atoms with Crippen LogP contribution >= 0.6 is 11.6 Å². The minimum absolute atomic E-state index is 0.353. The third-order valence-corrected chi connectivity index (χ3v) is 3.77. The van der Waals surface area contributed by atoms with E-state index in [2.05, 4.69) is 16.8 Å². The van der Waals surface area contributed by atoms with Crippen LogP contribution < -0.4 is 5.32 Å². The number of halogens is 1. The molecule has 0 amide bonds. The van der Waals surface area contributed by atoms with E-state index in [9.17, 15) is 0 Å². The fourth-order valence-corrected chi connectivity index (χ4v) is 2.79. The van der Waals surface area contributed by atoms with Crippen LogP contribution in [0.1, 0.15) is 12.7 Å². The molecule has 3 rings (SSSR count). The van der Waals surface area contributed by atoms with Gasteiger partial charge in [0.1, 0.15) is 5.82 Å². The fraction of sp³-hybridized carbons (Fsp3) is 0.500. The molecule has 1 aromatic carbocycles. The second-order valence-electron chi connectivity index (χ2n) is 4.84. The average Bonchev–Trinajstić information content (AvgIpc) is 2.76. The molecule has 1 aromatic heterocycles. The van der Waals surface area contributed by atoms with Gasteiger partial charge in [-0.1, -0.05) is 11.6 Å². The van der Waals surface area contributed by atoms with Crippen molar-refractivity contribution in [1.82, 2.24) is 14.9 Å². The normalized spacial score (nSPS) is 20.0. The van der Waals surface area contributed by atoms with Gasteiger partial charge in [-0.3, -0.25) is 0 Å². The summed E-state index contributed by atoms with van der Waals surface area (Å²) in [5, 5.41) is 4.23. The van der Waals surface area contributed by atoms with Gasteiger partial charge in [-0.05, 0) is 25.1 Å². The molecule has 5 heteroatoms. The number of morpholine rings is 1. The lowest BCUT2D eigenvalue weighted by molar-refractivity contribution is 0.0762. The van der Waals surface area contributed by atoms with Gasteiger partial charge in [0, 0.05) is 30.6 Å². The Morgan fingerprint density at radius 3 is 3.16 bits per heavy atom. The molecule has 2 aromatic rings. The maximum Gasteiger partial charge on any atom is 0.111 e. The van der Waals surface area contributed by atoms with Gasteiger partial charge in [-0.15, -0.1) is 0 Å². The Hall–Kier alpha value is -1.10. The summed E-state index contributed by atoms with van der Waals surface area (Å²) < 4.78 is 7.73. The number of nitrogens with zero attached hydrogens (tertiary/aromatic N) is 2. The fourth-order valence-electron chi connectivity index (χ4n) is 2.63. The van der Waals surface area contributed by atoms with Crippen LogP contribution in [0.25, 0.3) is 11.0 Å².